The minimum Gasteiger partial charge on any atom is -0.497 e. The number of anilines is 1. The lowest BCUT2D eigenvalue weighted by atomic mass is 10.2. The number of hydrogen-bond acceptors (Lipinski definition) is 5. The van der Waals surface area contributed by atoms with Crippen LogP contribution in [0.5, 0.6) is 5.75 Å². The number of benzene rings is 3. The Hall–Kier alpha value is -4.39. The summed E-state index contributed by atoms with van der Waals surface area (Å²) in [6.45, 7) is 0. The Morgan fingerprint density at radius 1 is 0.781 bits per heavy atom. The van der Waals surface area contributed by atoms with E-state index >= 15 is 0 Å². The lowest BCUT2D eigenvalue weighted by Crippen LogP contribution is -2.02. The van der Waals surface area contributed by atoms with Gasteiger partial charge in [0, 0.05) is 12.7 Å². The Labute approximate surface area is 183 Å². The molecule has 3 aromatic carbocycles. The van der Waals surface area contributed by atoms with Gasteiger partial charge in [-0.15, -0.1) is 0 Å². The maximum absolute atomic E-state index is 6.80. The Morgan fingerprint density at radius 3 is 2.12 bits per heavy atom. The smallest absolute Gasteiger partial charge is 0.166 e. The number of methoxy groups -OCH3 is 1. The van der Waals surface area contributed by atoms with E-state index in [0.29, 0.717) is 11.5 Å². The molecule has 0 spiro atoms. The molecule has 3 aromatic heterocycles. The van der Waals surface area contributed by atoms with Crippen molar-refractivity contribution in [1.82, 2.24) is 24.1 Å². The zero-order valence-corrected chi connectivity index (χ0v) is 17.6. The van der Waals surface area contributed by atoms with Gasteiger partial charge in [-0.25, -0.2) is 15.0 Å². The predicted octanol–water partition coefficient (Wildman–Crippen LogP) is 4.72. The molecule has 0 fully saturated rings. The highest BCUT2D eigenvalue weighted by atomic mass is 16.5. The van der Waals surface area contributed by atoms with Crippen LogP contribution < -0.4 is 10.5 Å². The number of fused-ring (bicyclic) bond motifs is 3. The third-order valence-corrected chi connectivity index (χ3v) is 5.84. The van der Waals surface area contributed by atoms with Gasteiger partial charge in [0.15, 0.2) is 5.65 Å². The summed E-state index contributed by atoms with van der Waals surface area (Å²) in [6, 6.07) is 23.6. The van der Waals surface area contributed by atoms with Gasteiger partial charge in [0.1, 0.15) is 22.9 Å². The summed E-state index contributed by atoms with van der Waals surface area (Å²) in [5.74, 6) is 2.07. The van der Waals surface area contributed by atoms with Crippen molar-refractivity contribution in [2.75, 3.05) is 12.8 Å². The van der Waals surface area contributed by atoms with Gasteiger partial charge in [0.25, 0.3) is 0 Å². The lowest BCUT2D eigenvalue weighted by Gasteiger charge is -2.09. The first-order chi connectivity index (χ1) is 15.7. The number of nitrogen functional groups attached to an aromatic ring is 1. The van der Waals surface area contributed by atoms with E-state index in [2.05, 4.69) is 4.57 Å². The minimum absolute atomic E-state index is 0.541. The third-order valence-electron chi connectivity index (χ3n) is 5.84. The molecule has 0 bridgehead atoms. The first kappa shape index (κ1) is 18.4. The molecule has 0 atom stereocenters. The maximum atomic E-state index is 6.80. The first-order valence-corrected chi connectivity index (χ1v) is 10.3. The molecule has 7 heteroatoms. The molecule has 32 heavy (non-hydrogen) atoms. The fraction of sp³-hybridized carbons (Fsp3) is 0.0800. The Morgan fingerprint density at radius 2 is 1.44 bits per heavy atom. The highest BCUT2D eigenvalue weighted by molar-refractivity contribution is 6.02. The van der Waals surface area contributed by atoms with Gasteiger partial charge in [-0.1, -0.05) is 24.3 Å². The standard InChI is InChI=1S/C25H20N6O/c1-30-20-10-6-5-9-19(20)29-24(30)21-22-25(28-18-8-4-3-7-17(18)27-22)31(23(21)26)15-11-13-16(32-2)14-12-15/h3-14H,26H2,1-2H3. The summed E-state index contributed by atoms with van der Waals surface area (Å²) in [6.07, 6.45) is 0. The van der Waals surface area contributed by atoms with E-state index in [1.807, 2.05) is 84.4 Å². The van der Waals surface area contributed by atoms with Gasteiger partial charge in [0.2, 0.25) is 0 Å². The fourth-order valence-electron chi connectivity index (χ4n) is 4.24. The lowest BCUT2D eigenvalue weighted by molar-refractivity contribution is 0.415. The van der Waals surface area contributed by atoms with E-state index in [4.69, 9.17) is 25.4 Å². The van der Waals surface area contributed by atoms with Crippen molar-refractivity contribution >= 4 is 39.0 Å². The molecule has 0 saturated carbocycles. The summed E-state index contributed by atoms with van der Waals surface area (Å²) in [7, 11) is 3.64. The normalized spacial score (nSPS) is 11.6. The van der Waals surface area contributed by atoms with Crippen LogP contribution in [0.15, 0.2) is 72.8 Å². The van der Waals surface area contributed by atoms with E-state index in [-0.39, 0.29) is 0 Å². The van der Waals surface area contributed by atoms with E-state index in [9.17, 15) is 0 Å². The van der Waals surface area contributed by atoms with Crippen LogP contribution in [-0.4, -0.2) is 31.2 Å². The summed E-state index contributed by atoms with van der Waals surface area (Å²) in [5, 5.41) is 0. The van der Waals surface area contributed by atoms with Gasteiger partial charge < -0.3 is 15.0 Å². The minimum atomic E-state index is 0.541. The molecule has 0 radical (unpaired) electrons. The number of aromatic nitrogens is 5. The average Bonchev–Trinajstić information content (AvgIpc) is 3.30. The number of hydrogen-bond donors (Lipinski definition) is 1. The Kier molecular flexibility index (Phi) is 3.91. The molecule has 156 valence electrons. The quantitative estimate of drug-likeness (QED) is 0.448. The largest absolute Gasteiger partial charge is 0.497 e. The van der Waals surface area contributed by atoms with Crippen molar-refractivity contribution in [2.45, 2.75) is 0 Å². The molecule has 6 rings (SSSR count). The molecule has 0 aliphatic heterocycles. The molecule has 0 unspecified atom stereocenters. The van der Waals surface area contributed by atoms with Crippen molar-refractivity contribution in [3.8, 4) is 22.8 Å². The highest BCUT2D eigenvalue weighted by Gasteiger charge is 2.24. The average molecular weight is 420 g/mol. The second-order valence-electron chi connectivity index (χ2n) is 7.66. The second kappa shape index (κ2) is 6.81. The molecule has 0 saturated heterocycles. The van der Waals surface area contributed by atoms with Gasteiger partial charge >= 0.3 is 0 Å². The molecule has 3 heterocycles. The van der Waals surface area contributed by atoms with Gasteiger partial charge in [-0.3, -0.25) is 4.57 Å². The van der Waals surface area contributed by atoms with Crippen LogP contribution in [0.1, 0.15) is 0 Å². The molecule has 7 nitrogen and oxygen atoms in total. The SMILES string of the molecule is COc1ccc(-n2c(N)c(-c3nc4ccccc4n3C)c3nc4ccccc4nc32)cc1. The van der Waals surface area contributed by atoms with Crippen LogP contribution in [0.3, 0.4) is 0 Å². The summed E-state index contributed by atoms with van der Waals surface area (Å²) in [5.41, 5.74) is 13.4. The Balaban J connectivity index is 1.73. The molecular weight excluding hydrogens is 400 g/mol. The maximum Gasteiger partial charge on any atom is 0.166 e. The van der Waals surface area contributed by atoms with Crippen molar-refractivity contribution < 1.29 is 4.74 Å². The predicted molar refractivity (Wildman–Crippen MR) is 127 cm³/mol. The molecular formula is C25H20N6O. The number of imidazole rings is 1. The van der Waals surface area contributed by atoms with Gasteiger partial charge in [-0.05, 0) is 48.5 Å². The summed E-state index contributed by atoms with van der Waals surface area (Å²) < 4.78 is 9.31. The van der Waals surface area contributed by atoms with Crippen molar-refractivity contribution in [1.29, 1.82) is 0 Å². The van der Waals surface area contributed by atoms with Gasteiger partial charge in [-0.2, -0.15) is 0 Å². The van der Waals surface area contributed by atoms with Crippen LogP contribution in [0.2, 0.25) is 0 Å². The molecule has 0 amide bonds. The number of ether oxygens (including phenoxy) is 1. The first-order valence-electron chi connectivity index (χ1n) is 10.3. The second-order valence-corrected chi connectivity index (χ2v) is 7.66. The fourth-order valence-corrected chi connectivity index (χ4v) is 4.24. The number of para-hydroxylation sites is 4. The van der Waals surface area contributed by atoms with E-state index in [1.165, 1.54) is 0 Å². The van der Waals surface area contributed by atoms with Crippen LogP contribution in [0.25, 0.3) is 50.3 Å². The summed E-state index contributed by atoms with van der Waals surface area (Å²) >= 11 is 0. The van der Waals surface area contributed by atoms with E-state index in [1.54, 1.807) is 7.11 Å². The molecule has 0 aliphatic carbocycles. The zero-order valence-electron chi connectivity index (χ0n) is 17.6. The van der Waals surface area contributed by atoms with Crippen LogP contribution >= 0.6 is 0 Å². The third kappa shape index (κ3) is 2.58. The van der Waals surface area contributed by atoms with E-state index < -0.39 is 0 Å². The molecule has 2 N–H and O–H groups in total. The highest BCUT2D eigenvalue weighted by Crippen LogP contribution is 2.38. The monoisotopic (exact) mass is 420 g/mol. The zero-order chi connectivity index (χ0) is 21.8. The van der Waals surface area contributed by atoms with Crippen molar-refractivity contribution in [3.63, 3.8) is 0 Å². The number of aryl methyl sites for hydroxylation is 1. The van der Waals surface area contributed by atoms with Crippen LogP contribution in [0, 0.1) is 0 Å². The van der Waals surface area contributed by atoms with Crippen LogP contribution in [-0.2, 0) is 7.05 Å². The number of nitrogens with zero attached hydrogens (tertiary/aromatic N) is 5. The number of nitrogens with two attached hydrogens (primary N) is 1. The topological polar surface area (TPSA) is 83.8 Å². The van der Waals surface area contributed by atoms with E-state index in [0.717, 1.165) is 50.4 Å². The summed E-state index contributed by atoms with van der Waals surface area (Å²) in [4.78, 5) is 14.8. The van der Waals surface area contributed by atoms with Gasteiger partial charge in [0.05, 0.1) is 34.7 Å². The van der Waals surface area contributed by atoms with Crippen molar-refractivity contribution in [3.05, 3.63) is 72.8 Å². The molecule has 6 aromatic rings. The Bertz CT molecular complexity index is 1630. The number of rotatable bonds is 3. The molecule has 0 aliphatic rings. The van der Waals surface area contributed by atoms with Crippen molar-refractivity contribution in [2.24, 2.45) is 7.05 Å². The van der Waals surface area contributed by atoms with Crippen LogP contribution in [0.4, 0.5) is 5.82 Å².